The van der Waals surface area contributed by atoms with Crippen molar-refractivity contribution in [3.8, 4) is 0 Å². The van der Waals surface area contributed by atoms with Gasteiger partial charge in [0.25, 0.3) is 5.91 Å². The smallest absolute Gasteiger partial charge is 0.327 e. The Balaban J connectivity index is 2.66. The number of nitrogens with zero attached hydrogens (tertiary/aromatic N) is 3. The third kappa shape index (κ3) is 3.39. The normalized spacial score (nSPS) is 18.5. The maximum Gasteiger partial charge on any atom is 0.327 e. The number of pyridine rings is 1. The summed E-state index contributed by atoms with van der Waals surface area (Å²) in [5.74, 6) is -2.07. The lowest BCUT2D eigenvalue weighted by atomic mass is 9.96. The van der Waals surface area contributed by atoms with Crippen LogP contribution >= 0.6 is 0 Å². The molecule has 134 valence electrons. The van der Waals surface area contributed by atoms with Gasteiger partial charge in [-0.15, -0.1) is 0 Å². The van der Waals surface area contributed by atoms with Crippen LogP contribution in [0, 0.1) is 6.92 Å². The number of aliphatic carboxylic acids is 1. The van der Waals surface area contributed by atoms with Gasteiger partial charge in [-0.25, -0.2) is 0 Å². The lowest BCUT2D eigenvalue weighted by molar-refractivity contribution is -0.162. The molecule has 8 heteroatoms. The number of anilines is 1. The topological polar surface area (TPSA) is 103 Å². The fourth-order valence-electron chi connectivity index (χ4n) is 2.93. The van der Waals surface area contributed by atoms with E-state index in [0.29, 0.717) is 12.2 Å². The minimum atomic E-state index is -1.22. The van der Waals surface area contributed by atoms with Crippen LogP contribution < -0.4 is 5.32 Å². The van der Waals surface area contributed by atoms with E-state index in [9.17, 15) is 19.5 Å². The minimum Gasteiger partial charge on any atom is -0.480 e. The minimum absolute atomic E-state index is 0.0115. The third-order valence-electron chi connectivity index (χ3n) is 4.13. The van der Waals surface area contributed by atoms with Crippen LogP contribution in [0.15, 0.2) is 29.7 Å². The number of hydrogen-bond donors (Lipinski definition) is 2. The first-order valence-electron chi connectivity index (χ1n) is 8.07. The van der Waals surface area contributed by atoms with Gasteiger partial charge in [-0.3, -0.25) is 24.4 Å². The first-order valence-corrected chi connectivity index (χ1v) is 8.07. The van der Waals surface area contributed by atoms with Gasteiger partial charge in [0.05, 0.1) is 17.5 Å². The SMILES string of the molecule is CCN1C(=O)C(Nc2cnccc2C)=C(C(C)=O)C(C(=O)O)N1CC. The summed E-state index contributed by atoms with van der Waals surface area (Å²) in [6.45, 7) is 7.17. The fraction of sp³-hybridized carbons (Fsp3) is 0.412. The van der Waals surface area contributed by atoms with E-state index in [1.165, 1.54) is 23.1 Å². The monoisotopic (exact) mass is 346 g/mol. The van der Waals surface area contributed by atoms with E-state index in [2.05, 4.69) is 10.3 Å². The van der Waals surface area contributed by atoms with Crippen LogP contribution in [0.1, 0.15) is 26.3 Å². The largest absolute Gasteiger partial charge is 0.480 e. The maximum atomic E-state index is 12.9. The number of carbonyl (C=O) groups is 3. The van der Waals surface area contributed by atoms with Crippen molar-refractivity contribution in [1.82, 2.24) is 15.0 Å². The van der Waals surface area contributed by atoms with Crippen molar-refractivity contribution in [2.24, 2.45) is 0 Å². The van der Waals surface area contributed by atoms with Gasteiger partial charge in [-0.05, 0) is 32.4 Å². The van der Waals surface area contributed by atoms with Crippen LogP contribution in [0.3, 0.4) is 0 Å². The van der Waals surface area contributed by atoms with Crippen molar-refractivity contribution in [2.45, 2.75) is 33.7 Å². The zero-order chi connectivity index (χ0) is 18.7. The molecule has 2 rings (SSSR count). The zero-order valence-corrected chi connectivity index (χ0v) is 14.7. The second kappa shape index (κ2) is 7.43. The molecule has 1 aliphatic rings. The lowest BCUT2D eigenvalue weighted by Gasteiger charge is -2.42. The number of carbonyl (C=O) groups excluding carboxylic acids is 2. The average Bonchev–Trinajstić information content (AvgIpc) is 2.56. The summed E-state index contributed by atoms with van der Waals surface area (Å²) in [5, 5.41) is 15.4. The molecule has 1 unspecified atom stereocenters. The van der Waals surface area contributed by atoms with Crippen LogP contribution in [0.25, 0.3) is 0 Å². The molecule has 2 heterocycles. The Kier molecular flexibility index (Phi) is 5.53. The van der Waals surface area contributed by atoms with Crippen LogP contribution in [0.4, 0.5) is 5.69 Å². The first-order chi connectivity index (χ1) is 11.8. The van der Waals surface area contributed by atoms with Crippen LogP contribution in [-0.2, 0) is 14.4 Å². The molecule has 2 N–H and O–H groups in total. The van der Waals surface area contributed by atoms with E-state index in [-0.39, 0.29) is 17.8 Å². The van der Waals surface area contributed by atoms with Crippen molar-refractivity contribution in [3.63, 3.8) is 0 Å². The molecule has 0 aromatic carbocycles. The molecular weight excluding hydrogens is 324 g/mol. The number of hydrogen-bond acceptors (Lipinski definition) is 6. The average molecular weight is 346 g/mol. The van der Waals surface area contributed by atoms with Crippen molar-refractivity contribution in [2.75, 3.05) is 18.4 Å². The number of Topliss-reactive ketones (excluding diaryl/α,β-unsaturated/α-hetero) is 1. The molecule has 25 heavy (non-hydrogen) atoms. The van der Waals surface area contributed by atoms with E-state index in [1.54, 1.807) is 26.1 Å². The number of carboxylic acids is 1. The molecule has 0 fully saturated rings. The molecule has 0 saturated carbocycles. The number of amides is 1. The van der Waals surface area contributed by atoms with Gasteiger partial charge in [0.2, 0.25) is 0 Å². The Labute approximate surface area is 146 Å². The Morgan fingerprint density at radius 3 is 2.48 bits per heavy atom. The molecule has 0 spiro atoms. The summed E-state index contributed by atoms with van der Waals surface area (Å²) in [7, 11) is 0. The second-order valence-electron chi connectivity index (χ2n) is 5.68. The van der Waals surface area contributed by atoms with Crippen LogP contribution in [0.2, 0.25) is 0 Å². The maximum absolute atomic E-state index is 12.9. The summed E-state index contributed by atoms with van der Waals surface area (Å²) in [6.07, 6.45) is 3.15. The molecule has 0 saturated heterocycles. The molecule has 0 radical (unpaired) electrons. The lowest BCUT2D eigenvalue weighted by Crippen LogP contribution is -2.60. The molecule has 0 bridgehead atoms. The summed E-state index contributed by atoms with van der Waals surface area (Å²) in [5.41, 5.74) is 1.32. The predicted octanol–water partition coefficient (Wildman–Crippen LogP) is 1.20. The number of carboxylic acid groups (broad SMARTS) is 1. The van der Waals surface area contributed by atoms with Gasteiger partial charge < -0.3 is 10.4 Å². The van der Waals surface area contributed by atoms with Crippen molar-refractivity contribution >= 4 is 23.3 Å². The number of aromatic nitrogens is 1. The Bertz CT molecular complexity index is 744. The quantitative estimate of drug-likeness (QED) is 0.798. The number of nitrogens with one attached hydrogen (secondary N) is 1. The number of hydrazine groups is 1. The molecule has 1 aliphatic heterocycles. The first kappa shape index (κ1) is 18.6. The standard InChI is InChI=1S/C17H22N4O4/c1-5-20-15(17(24)25)13(11(4)22)14(16(23)21(20)6-2)19-12-9-18-8-7-10(12)3/h7-9,15,19H,5-6H2,1-4H3,(H,24,25). The fourth-order valence-corrected chi connectivity index (χ4v) is 2.93. The summed E-state index contributed by atoms with van der Waals surface area (Å²) in [4.78, 5) is 41.0. The molecule has 1 aromatic rings. The van der Waals surface area contributed by atoms with E-state index >= 15 is 0 Å². The van der Waals surface area contributed by atoms with E-state index < -0.39 is 23.7 Å². The number of aryl methyl sites for hydroxylation is 1. The van der Waals surface area contributed by atoms with Crippen molar-refractivity contribution < 1.29 is 19.5 Å². The molecular formula is C17H22N4O4. The molecule has 1 aromatic heterocycles. The number of rotatable bonds is 6. The summed E-state index contributed by atoms with van der Waals surface area (Å²) >= 11 is 0. The van der Waals surface area contributed by atoms with E-state index in [1.807, 2.05) is 6.92 Å². The highest BCUT2D eigenvalue weighted by Crippen LogP contribution is 2.28. The summed E-state index contributed by atoms with van der Waals surface area (Å²) < 4.78 is 0. The molecule has 0 aliphatic carbocycles. The summed E-state index contributed by atoms with van der Waals surface area (Å²) in [6, 6.07) is 0.536. The number of likely N-dealkylation sites (N-methyl/N-ethyl adjacent to an activating group) is 2. The van der Waals surface area contributed by atoms with Gasteiger partial charge in [-0.2, -0.15) is 5.01 Å². The highest BCUT2D eigenvalue weighted by atomic mass is 16.4. The van der Waals surface area contributed by atoms with E-state index in [0.717, 1.165) is 5.56 Å². The Morgan fingerprint density at radius 2 is 2.00 bits per heavy atom. The van der Waals surface area contributed by atoms with Gasteiger partial charge in [0.15, 0.2) is 11.8 Å². The highest BCUT2D eigenvalue weighted by Gasteiger charge is 2.44. The van der Waals surface area contributed by atoms with Crippen molar-refractivity contribution in [1.29, 1.82) is 0 Å². The van der Waals surface area contributed by atoms with Gasteiger partial charge >= 0.3 is 5.97 Å². The van der Waals surface area contributed by atoms with Gasteiger partial charge in [0, 0.05) is 19.3 Å². The zero-order valence-electron chi connectivity index (χ0n) is 14.7. The number of ketones is 1. The van der Waals surface area contributed by atoms with Crippen molar-refractivity contribution in [3.05, 3.63) is 35.3 Å². The van der Waals surface area contributed by atoms with Gasteiger partial charge in [-0.1, -0.05) is 6.92 Å². The predicted molar refractivity (Wildman–Crippen MR) is 91.5 cm³/mol. The van der Waals surface area contributed by atoms with Gasteiger partial charge in [0.1, 0.15) is 5.70 Å². The molecule has 1 atom stereocenters. The highest BCUT2D eigenvalue weighted by molar-refractivity contribution is 6.11. The Morgan fingerprint density at radius 1 is 1.32 bits per heavy atom. The van der Waals surface area contributed by atoms with Crippen LogP contribution in [-0.4, -0.2) is 56.9 Å². The molecule has 8 nitrogen and oxygen atoms in total. The second-order valence-corrected chi connectivity index (χ2v) is 5.68. The third-order valence-corrected chi connectivity index (χ3v) is 4.13. The molecule has 1 amide bonds. The van der Waals surface area contributed by atoms with Crippen LogP contribution in [0.5, 0.6) is 0 Å². The Hall–Kier alpha value is -2.74. The van der Waals surface area contributed by atoms with E-state index in [4.69, 9.17) is 0 Å².